The van der Waals surface area contributed by atoms with Crippen LogP contribution in [0.1, 0.15) is 10.4 Å². The number of anilines is 1. The standard InChI is InChI=1S/C20H20FN3O4/c21-15-2-4-16(5-3-15)23-7-9-24(10-8-23)19(25)12-22-20(26)14-1-6-17-18(11-14)28-13-27-17/h1-6,11H,7-10,12-13H2,(H,22,26). The van der Waals surface area contributed by atoms with E-state index in [1.165, 1.54) is 12.1 Å². The van der Waals surface area contributed by atoms with Gasteiger partial charge in [0.25, 0.3) is 5.91 Å². The summed E-state index contributed by atoms with van der Waals surface area (Å²) in [5.41, 5.74) is 1.35. The second-order valence-corrected chi connectivity index (χ2v) is 6.59. The molecule has 2 aliphatic rings. The number of nitrogens with one attached hydrogen (secondary N) is 1. The van der Waals surface area contributed by atoms with Crippen LogP contribution in [0.3, 0.4) is 0 Å². The van der Waals surface area contributed by atoms with Gasteiger partial charge in [-0.25, -0.2) is 4.39 Å². The van der Waals surface area contributed by atoms with Gasteiger partial charge in [0.15, 0.2) is 11.5 Å². The van der Waals surface area contributed by atoms with Crippen LogP contribution in [0.15, 0.2) is 42.5 Å². The lowest BCUT2D eigenvalue weighted by atomic mass is 10.2. The molecule has 2 aromatic rings. The fourth-order valence-electron chi connectivity index (χ4n) is 3.27. The Morgan fingerprint density at radius 1 is 0.964 bits per heavy atom. The Labute approximate surface area is 161 Å². The SMILES string of the molecule is O=C(NCC(=O)N1CCN(c2ccc(F)cc2)CC1)c1ccc2c(c1)OCO2. The minimum atomic E-state index is -0.336. The lowest BCUT2D eigenvalue weighted by Gasteiger charge is -2.36. The molecule has 2 amide bonds. The van der Waals surface area contributed by atoms with E-state index in [1.54, 1.807) is 35.2 Å². The maximum Gasteiger partial charge on any atom is 0.251 e. The molecule has 0 aromatic heterocycles. The molecule has 0 saturated carbocycles. The largest absolute Gasteiger partial charge is 0.454 e. The number of hydrogen-bond acceptors (Lipinski definition) is 5. The van der Waals surface area contributed by atoms with E-state index >= 15 is 0 Å². The highest BCUT2D eigenvalue weighted by molar-refractivity contribution is 5.97. The number of benzene rings is 2. The van der Waals surface area contributed by atoms with Crippen molar-refractivity contribution in [3.05, 3.63) is 53.8 Å². The first kappa shape index (κ1) is 18.1. The molecule has 2 aliphatic heterocycles. The second kappa shape index (κ2) is 7.75. The number of carbonyl (C=O) groups excluding carboxylic acids is 2. The number of piperazine rings is 1. The van der Waals surface area contributed by atoms with Crippen molar-refractivity contribution in [2.24, 2.45) is 0 Å². The van der Waals surface area contributed by atoms with E-state index in [2.05, 4.69) is 10.2 Å². The lowest BCUT2D eigenvalue weighted by Crippen LogP contribution is -2.51. The van der Waals surface area contributed by atoms with Crippen LogP contribution in [0.25, 0.3) is 0 Å². The van der Waals surface area contributed by atoms with Crippen molar-refractivity contribution < 1.29 is 23.5 Å². The van der Waals surface area contributed by atoms with Gasteiger partial charge in [-0.3, -0.25) is 9.59 Å². The smallest absolute Gasteiger partial charge is 0.251 e. The Hall–Kier alpha value is -3.29. The van der Waals surface area contributed by atoms with Gasteiger partial charge in [-0.2, -0.15) is 0 Å². The highest BCUT2D eigenvalue weighted by atomic mass is 19.1. The van der Waals surface area contributed by atoms with Crippen LogP contribution in [0.4, 0.5) is 10.1 Å². The van der Waals surface area contributed by atoms with Crippen LogP contribution in [0, 0.1) is 5.82 Å². The highest BCUT2D eigenvalue weighted by Crippen LogP contribution is 2.32. The van der Waals surface area contributed by atoms with Gasteiger partial charge in [-0.15, -0.1) is 0 Å². The van der Waals surface area contributed by atoms with Gasteiger partial charge in [0.05, 0.1) is 6.54 Å². The number of amides is 2. The number of nitrogens with zero attached hydrogens (tertiary/aromatic N) is 2. The average Bonchev–Trinajstić information content (AvgIpc) is 3.20. The molecule has 0 unspecified atom stereocenters. The van der Waals surface area contributed by atoms with Gasteiger partial charge in [0.2, 0.25) is 12.7 Å². The summed E-state index contributed by atoms with van der Waals surface area (Å²) in [4.78, 5) is 28.5. The molecule has 4 rings (SSSR count). The summed E-state index contributed by atoms with van der Waals surface area (Å²) >= 11 is 0. The fraction of sp³-hybridized carbons (Fsp3) is 0.300. The topological polar surface area (TPSA) is 71.1 Å². The van der Waals surface area contributed by atoms with Gasteiger partial charge in [-0.1, -0.05) is 0 Å². The van der Waals surface area contributed by atoms with Gasteiger partial charge in [0, 0.05) is 37.4 Å². The molecule has 2 heterocycles. The van der Waals surface area contributed by atoms with Crippen molar-refractivity contribution in [3.8, 4) is 11.5 Å². The van der Waals surface area contributed by atoms with Gasteiger partial charge < -0.3 is 24.6 Å². The van der Waals surface area contributed by atoms with Crippen molar-refractivity contribution >= 4 is 17.5 Å². The first-order valence-corrected chi connectivity index (χ1v) is 9.06. The van der Waals surface area contributed by atoms with Gasteiger partial charge in [0.1, 0.15) is 5.82 Å². The van der Waals surface area contributed by atoms with Crippen molar-refractivity contribution in [2.45, 2.75) is 0 Å². The fourth-order valence-corrected chi connectivity index (χ4v) is 3.27. The molecule has 0 spiro atoms. The van der Waals surface area contributed by atoms with Crippen LogP contribution in [-0.2, 0) is 4.79 Å². The zero-order valence-electron chi connectivity index (χ0n) is 15.2. The number of fused-ring (bicyclic) bond motifs is 1. The van der Waals surface area contributed by atoms with Crippen molar-refractivity contribution in [3.63, 3.8) is 0 Å². The Bertz CT molecular complexity index is 880. The van der Waals surface area contributed by atoms with Crippen molar-refractivity contribution in [1.82, 2.24) is 10.2 Å². The molecule has 0 atom stereocenters. The average molecular weight is 385 g/mol. The van der Waals surface area contributed by atoms with Crippen molar-refractivity contribution in [2.75, 3.05) is 44.4 Å². The maximum atomic E-state index is 13.0. The molecule has 1 fully saturated rings. The Balaban J connectivity index is 1.26. The summed E-state index contributed by atoms with van der Waals surface area (Å²) in [5, 5.41) is 2.65. The van der Waals surface area contributed by atoms with Gasteiger partial charge in [-0.05, 0) is 42.5 Å². The molecule has 0 aliphatic carbocycles. The predicted molar refractivity (Wildman–Crippen MR) is 100 cm³/mol. The summed E-state index contributed by atoms with van der Waals surface area (Å²) in [6.45, 7) is 2.50. The van der Waals surface area contributed by atoms with E-state index in [1.807, 2.05) is 0 Å². The van der Waals surface area contributed by atoms with Gasteiger partial charge >= 0.3 is 0 Å². The highest BCUT2D eigenvalue weighted by Gasteiger charge is 2.22. The minimum Gasteiger partial charge on any atom is -0.454 e. The summed E-state index contributed by atoms with van der Waals surface area (Å²) in [6.07, 6.45) is 0. The number of carbonyl (C=O) groups is 2. The van der Waals surface area contributed by atoms with Crippen LogP contribution >= 0.6 is 0 Å². The summed E-state index contributed by atoms with van der Waals surface area (Å²) < 4.78 is 23.5. The Kier molecular flexibility index (Phi) is 5.01. The van der Waals surface area contributed by atoms with E-state index in [-0.39, 0.29) is 31.0 Å². The van der Waals surface area contributed by atoms with E-state index in [0.29, 0.717) is 43.2 Å². The van der Waals surface area contributed by atoms with Crippen LogP contribution in [-0.4, -0.2) is 56.2 Å². The normalized spacial score (nSPS) is 15.5. The van der Waals surface area contributed by atoms with E-state index in [0.717, 1.165) is 5.69 Å². The molecule has 1 N–H and O–H groups in total. The third-order valence-electron chi connectivity index (χ3n) is 4.86. The number of hydrogen-bond donors (Lipinski definition) is 1. The minimum absolute atomic E-state index is 0.0657. The molecule has 8 heteroatoms. The Morgan fingerprint density at radius 3 is 2.43 bits per heavy atom. The quantitative estimate of drug-likeness (QED) is 0.866. The molecule has 0 radical (unpaired) electrons. The molecule has 28 heavy (non-hydrogen) atoms. The summed E-state index contributed by atoms with van der Waals surface area (Å²) in [5.74, 6) is 0.391. The molecular formula is C20H20FN3O4. The van der Waals surface area contributed by atoms with Crippen LogP contribution < -0.4 is 19.7 Å². The molecule has 1 saturated heterocycles. The molecule has 7 nitrogen and oxygen atoms in total. The first-order chi connectivity index (χ1) is 13.6. The second-order valence-electron chi connectivity index (χ2n) is 6.59. The zero-order chi connectivity index (χ0) is 19.5. The third kappa shape index (κ3) is 3.85. The van der Waals surface area contributed by atoms with E-state index < -0.39 is 0 Å². The summed E-state index contributed by atoms with van der Waals surface area (Å²) in [7, 11) is 0. The zero-order valence-corrected chi connectivity index (χ0v) is 15.2. The first-order valence-electron chi connectivity index (χ1n) is 9.06. The number of halogens is 1. The monoisotopic (exact) mass is 385 g/mol. The summed E-state index contributed by atoms with van der Waals surface area (Å²) in [6, 6.07) is 11.2. The van der Waals surface area contributed by atoms with E-state index in [4.69, 9.17) is 9.47 Å². The van der Waals surface area contributed by atoms with Crippen molar-refractivity contribution in [1.29, 1.82) is 0 Å². The lowest BCUT2D eigenvalue weighted by molar-refractivity contribution is -0.130. The molecular weight excluding hydrogens is 365 g/mol. The number of ether oxygens (including phenoxy) is 2. The molecule has 2 aromatic carbocycles. The maximum absolute atomic E-state index is 13.0. The molecule has 146 valence electrons. The molecule has 0 bridgehead atoms. The van der Waals surface area contributed by atoms with E-state index in [9.17, 15) is 14.0 Å². The number of rotatable bonds is 4. The van der Waals surface area contributed by atoms with Crippen LogP contribution in [0.5, 0.6) is 11.5 Å². The van der Waals surface area contributed by atoms with Crippen LogP contribution in [0.2, 0.25) is 0 Å². The predicted octanol–water partition coefficient (Wildman–Crippen LogP) is 1.63. The third-order valence-corrected chi connectivity index (χ3v) is 4.86. The Morgan fingerprint density at radius 2 is 1.68 bits per heavy atom.